The first-order valence-electron chi connectivity index (χ1n) is 6.07. The summed E-state index contributed by atoms with van der Waals surface area (Å²) in [5.41, 5.74) is 2.66. The molecule has 0 atom stereocenters. The standard InChI is InChI=1S/C15H16N2O2/c1-11-3-5-12(6-4-11)9-14(18)16-13-7-8-15(19)17(2)10-13/h3-8,10H,9H2,1-2H3,(H,16,18). The lowest BCUT2D eigenvalue weighted by atomic mass is 10.1. The van der Waals surface area contributed by atoms with Crippen LogP contribution in [0.15, 0.2) is 47.4 Å². The van der Waals surface area contributed by atoms with Crippen LogP contribution in [0.4, 0.5) is 5.69 Å². The number of aryl methyl sites for hydroxylation is 2. The van der Waals surface area contributed by atoms with Gasteiger partial charge in [0.15, 0.2) is 0 Å². The topological polar surface area (TPSA) is 51.1 Å². The van der Waals surface area contributed by atoms with Gasteiger partial charge in [-0.15, -0.1) is 0 Å². The predicted molar refractivity (Wildman–Crippen MR) is 75.2 cm³/mol. The molecule has 0 bridgehead atoms. The Morgan fingerprint density at radius 1 is 1.16 bits per heavy atom. The Bertz CT molecular complexity index is 642. The Morgan fingerprint density at radius 3 is 2.47 bits per heavy atom. The number of nitrogens with zero attached hydrogens (tertiary/aromatic N) is 1. The van der Waals surface area contributed by atoms with E-state index >= 15 is 0 Å². The normalized spacial score (nSPS) is 10.2. The average Bonchev–Trinajstić information content (AvgIpc) is 2.37. The minimum absolute atomic E-state index is 0.0949. The van der Waals surface area contributed by atoms with Crippen LogP contribution in [0.5, 0.6) is 0 Å². The van der Waals surface area contributed by atoms with E-state index in [0.717, 1.165) is 5.56 Å². The quantitative estimate of drug-likeness (QED) is 0.911. The number of carbonyl (C=O) groups is 1. The monoisotopic (exact) mass is 256 g/mol. The van der Waals surface area contributed by atoms with Crippen molar-refractivity contribution in [2.75, 3.05) is 5.32 Å². The molecule has 1 N–H and O–H groups in total. The fourth-order valence-electron chi connectivity index (χ4n) is 1.76. The highest BCUT2D eigenvalue weighted by atomic mass is 16.1. The van der Waals surface area contributed by atoms with Crippen molar-refractivity contribution in [3.8, 4) is 0 Å². The molecule has 0 aliphatic heterocycles. The third-order valence-electron chi connectivity index (χ3n) is 2.85. The molecule has 0 unspecified atom stereocenters. The van der Waals surface area contributed by atoms with E-state index in [9.17, 15) is 9.59 Å². The fourth-order valence-corrected chi connectivity index (χ4v) is 1.76. The zero-order chi connectivity index (χ0) is 13.8. The molecule has 0 saturated carbocycles. The minimum Gasteiger partial charge on any atom is -0.324 e. The number of aromatic nitrogens is 1. The number of benzene rings is 1. The molecule has 1 aromatic carbocycles. The van der Waals surface area contributed by atoms with Gasteiger partial charge < -0.3 is 9.88 Å². The molecular weight excluding hydrogens is 240 g/mol. The molecule has 0 radical (unpaired) electrons. The maximum Gasteiger partial charge on any atom is 0.250 e. The highest BCUT2D eigenvalue weighted by Crippen LogP contribution is 2.07. The van der Waals surface area contributed by atoms with E-state index in [1.807, 2.05) is 31.2 Å². The molecule has 98 valence electrons. The maximum atomic E-state index is 11.9. The van der Waals surface area contributed by atoms with Crippen LogP contribution in [0.3, 0.4) is 0 Å². The molecule has 0 saturated heterocycles. The van der Waals surface area contributed by atoms with Crippen LogP contribution in [0.1, 0.15) is 11.1 Å². The van der Waals surface area contributed by atoms with Gasteiger partial charge in [-0.1, -0.05) is 29.8 Å². The van der Waals surface area contributed by atoms with Gasteiger partial charge in [-0.05, 0) is 18.6 Å². The zero-order valence-corrected chi connectivity index (χ0v) is 11.0. The molecule has 2 aromatic rings. The summed E-state index contributed by atoms with van der Waals surface area (Å²) in [6.07, 6.45) is 1.93. The van der Waals surface area contributed by atoms with Crippen molar-refractivity contribution < 1.29 is 4.79 Å². The van der Waals surface area contributed by atoms with Gasteiger partial charge in [-0.25, -0.2) is 0 Å². The summed E-state index contributed by atoms with van der Waals surface area (Å²) in [4.78, 5) is 23.1. The summed E-state index contributed by atoms with van der Waals surface area (Å²) in [6, 6.07) is 10.9. The summed E-state index contributed by atoms with van der Waals surface area (Å²) in [5.74, 6) is -0.0949. The van der Waals surface area contributed by atoms with E-state index in [-0.39, 0.29) is 11.5 Å². The highest BCUT2D eigenvalue weighted by Gasteiger charge is 2.04. The SMILES string of the molecule is Cc1ccc(CC(=O)Nc2ccc(=O)n(C)c2)cc1. The first-order chi connectivity index (χ1) is 9.04. The summed E-state index contributed by atoms with van der Waals surface area (Å²) in [7, 11) is 1.65. The smallest absolute Gasteiger partial charge is 0.250 e. The van der Waals surface area contributed by atoms with Crippen molar-refractivity contribution in [1.29, 1.82) is 0 Å². The Hall–Kier alpha value is -2.36. The molecule has 0 fully saturated rings. The van der Waals surface area contributed by atoms with Gasteiger partial charge >= 0.3 is 0 Å². The lowest BCUT2D eigenvalue weighted by Crippen LogP contribution is -2.19. The van der Waals surface area contributed by atoms with E-state index in [1.165, 1.54) is 16.2 Å². The van der Waals surface area contributed by atoms with E-state index in [2.05, 4.69) is 5.32 Å². The lowest BCUT2D eigenvalue weighted by molar-refractivity contribution is -0.115. The van der Waals surface area contributed by atoms with Crippen LogP contribution >= 0.6 is 0 Å². The molecule has 0 spiro atoms. The van der Waals surface area contributed by atoms with Crippen molar-refractivity contribution in [1.82, 2.24) is 4.57 Å². The van der Waals surface area contributed by atoms with Crippen LogP contribution in [-0.2, 0) is 18.3 Å². The molecule has 0 aliphatic carbocycles. The van der Waals surface area contributed by atoms with Crippen LogP contribution < -0.4 is 10.9 Å². The van der Waals surface area contributed by atoms with Crippen molar-refractivity contribution >= 4 is 11.6 Å². The molecular formula is C15H16N2O2. The van der Waals surface area contributed by atoms with Crippen molar-refractivity contribution in [2.24, 2.45) is 7.05 Å². The first-order valence-corrected chi connectivity index (χ1v) is 6.07. The van der Waals surface area contributed by atoms with Crippen LogP contribution in [0.2, 0.25) is 0 Å². The van der Waals surface area contributed by atoms with Crippen molar-refractivity contribution in [2.45, 2.75) is 13.3 Å². The molecule has 4 nitrogen and oxygen atoms in total. The molecule has 1 heterocycles. The summed E-state index contributed by atoms with van der Waals surface area (Å²) < 4.78 is 1.43. The van der Waals surface area contributed by atoms with Gasteiger partial charge in [-0.3, -0.25) is 9.59 Å². The first kappa shape index (κ1) is 13.1. The second-order valence-electron chi connectivity index (χ2n) is 4.58. The molecule has 4 heteroatoms. The highest BCUT2D eigenvalue weighted by molar-refractivity contribution is 5.92. The van der Waals surface area contributed by atoms with Crippen LogP contribution in [0, 0.1) is 6.92 Å². The van der Waals surface area contributed by atoms with Gasteiger partial charge in [0, 0.05) is 19.3 Å². The van der Waals surface area contributed by atoms with Crippen LogP contribution in [-0.4, -0.2) is 10.5 Å². The average molecular weight is 256 g/mol. The zero-order valence-electron chi connectivity index (χ0n) is 11.0. The largest absolute Gasteiger partial charge is 0.324 e. The summed E-state index contributed by atoms with van der Waals surface area (Å²) >= 11 is 0. The van der Waals surface area contributed by atoms with Crippen molar-refractivity contribution in [3.05, 3.63) is 64.1 Å². The molecule has 1 aromatic heterocycles. The number of hydrogen-bond donors (Lipinski definition) is 1. The second-order valence-corrected chi connectivity index (χ2v) is 4.58. The molecule has 19 heavy (non-hydrogen) atoms. The van der Waals surface area contributed by atoms with E-state index < -0.39 is 0 Å². The summed E-state index contributed by atoms with van der Waals surface area (Å²) in [5, 5.41) is 2.77. The van der Waals surface area contributed by atoms with Gasteiger partial charge in [0.1, 0.15) is 0 Å². The van der Waals surface area contributed by atoms with Crippen molar-refractivity contribution in [3.63, 3.8) is 0 Å². The molecule has 0 aliphatic rings. The number of carbonyl (C=O) groups excluding carboxylic acids is 1. The van der Waals surface area contributed by atoms with Crippen LogP contribution in [0.25, 0.3) is 0 Å². The second kappa shape index (κ2) is 5.52. The number of hydrogen-bond acceptors (Lipinski definition) is 2. The van der Waals surface area contributed by atoms with Gasteiger partial charge in [0.2, 0.25) is 11.5 Å². The van der Waals surface area contributed by atoms with E-state index in [1.54, 1.807) is 19.3 Å². The number of pyridine rings is 1. The van der Waals surface area contributed by atoms with Gasteiger partial charge in [0.05, 0.1) is 12.1 Å². The Balaban J connectivity index is 2.03. The number of anilines is 1. The number of amides is 1. The van der Waals surface area contributed by atoms with E-state index in [4.69, 9.17) is 0 Å². The molecule has 1 amide bonds. The van der Waals surface area contributed by atoms with Gasteiger partial charge in [-0.2, -0.15) is 0 Å². The fraction of sp³-hybridized carbons (Fsp3) is 0.200. The van der Waals surface area contributed by atoms with E-state index in [0.29, 0.717) is 12.1 Å². The Labute approximate surface area is 111 Å². The Morgan fingerprint density at radius 2 is 1.84 bits per heavy atom. The minimum atomic E-state index is -0.100. The third kappa shape index (κ3) is 3.55. The lowest BCUT2D eigenvalue weighted by Gasteiger charge is -2.06. The number of rotatable bonds is 3. The third-order valence-corrected chi connectivity index (χ3v) is 2.85. The number of nitrogens with one attached hydrogen (secondary N) is 1. The predicted octanol–water partition coefficient (Wildman–Crippen LogP) is 1.87. The Kier molecular flexibility index (Phi) is 3.80. The molecule has 2 rings (SSSR count). The maximum absolute atomic E-state index is 11.9. The summed E-state index contributed by atoms with van der Waals surface area (Å²) in [6.45, 7) is 2.01. The van der Waals surface area contributed by atoms with Gasteiger partial charge in [0.25, 0.3) is 0 Å².